The number of halogens is 3. The number of nitriles is 1. The lowest BCUT2D eigenvalue weighted by atomic mass is 10.0. The number of aromatic nitrogens is 1. The Labute approximate surface area is 273 Å². The van der Waals surface area contributed by atoms with Gasteiger partial charge in [-0.3, -0.25) is 14.4 Å². The van der Waals surface area contributed by atoms with E-state index in [9.17, 15) is 32.8 Å². The highest BCUT2D eigenvalue weighted by Gasteiger charge is 2.37. The summed E-state index contributed by atoms with van der Waals surface area (Å²) in [7, 11) is 7.15. The zero-order valence-corrected chi connectivity index (χ0v) is 27.3. The third-order valence-electron chi connectivity index (χ3n) is 8.44. The number of hydrogen-bond acceptors (Lipinski definition) is 8. The number of alkyl halides is 3. The standard InChI is InChI=1S/C33H41F3N8O3/c1-22-19-25(33(34,35)36)24(20-37)30(38-22)39-26-13-16-43(28-10-7-6-9-27(28)42(5)32(26)47)18-17-41(4)31(46)23-12-15-44(21-23)29(45)11-8-14-40(2)3/h6-11,19,23,26H,12-18,21H2,1-5H3,(H,38,39)/b11-8+/t23?,26-/m0/s1. The van der Waals surface area contributed by atoms with Gasteiger partial charge in [-0.05, 0) is 52.1 Å². The van der Waals surface area contributed by atoms with Crippen molar-refractivity contribution in [3.05, 3.63) is 59.3 Å². The molecule has 252 valence electrons. The Kier molecular flexibility index (Phi) is 11.1. The molecule has 0 aliphatic carbocycles. The summed E-state index contributed by atoms with van der Waals surface area (Å²) in [6.45, 7) is 4.03. The molecule has 2 atom stereocenters. The van der Waals surface area contributed by atoms with Gasteiger partial charge in [0.25, 0.3) is 0 Å². The smallest absolute Gasteiger partial charge is 0.368 e. The molecule has 47 heavy (non-hydrogen) atoms. The van der Waals surface area contributed by atoms with E-state index in [2.05, 4.69) is 10.3 Å². The number of pyridine rings is 1. The fraction of sp³-hybridized carbons (Fsp3) is 0.485. The van der Waals surface area contributed by atoms with E-state index in [-0.39, 0.29) is 41.6 Å². The van der Waals surface area contributed by atoms with Gasteiger partial charge >= 0.3 is 6.18 Å². The summed E-state index contributed by atoms with van der Waals surface area (Å²) in [6.07, 6.45) is -0.652. The predicted molar refractivity (Wildman–Crippen MR) is 173 cm³/mol. The summed E-state index contributed by atoms with van der Waals surface area (Å²) in [5.41, 5.74) is -0.359. The van der Waals surface area contributed by atoms with Crippen LogP contribution < -0.4 is 15.1 Å². The van der Waals surface area contributed by atoms with Gasteiger partial charge in [0, 0.05) is 65.1 Å². The number of nitrogens with zero attached hydrogens (tertiary/aromatic N) is 7. The molecule has 2 aliphatic heterocycles. The monoisotopic (exact) mass is 654 g/mol. The van der Waals surface area contributed by atoms with Crippen LogP contribution in [0.4, 0.5) is 30.4 Å². The van der Waals surface area contributed by atoms with Crippen molar-refractivity contribution in [2.45, 2.75) is 32.0 Å². The van der Waals surface area contributed by atoms with Gasteiger partial charge in [0.05, 0.1) is 22.9 Å². The van der Waals surface area contributed by atoms with Crippen molar-refractivity contribution in [3.8, 4) is 6.07 Å². The number of hydrogen-bond donors (Lipinski definition) is 1. The number of nitrogens with one attached hydrogen (secondary N) is 1. The number of likely N-dealkylation sites (N-methyl/N-ethyl adjacent to an activating group) is 3. The van der Waals surface area contributed by atoms with Crippen LogP contribution in [0, 0.1) is 24.2 Å². The number of likely N-dealkylation sites (tertiary alicyclic amines) is 1. The third-order valence-corrected chi connectivity index (χ3v) is 8.44. The highest BCUT2D eigenvalue weighted by atomic mass is 19.4. The van der Waals surface area contributed by atoms with Crippen LogP contribution in [0.3, 0.4) is 0 Å². The Balaban J connectivity index is 1.48. The number of carbonyl (C=O) groups excluding carboxylic acids is 3. The number of aryl methyl sites for hydroxylation is 1. The van der Waals surface area contributed by atoms with Gasteiger partial charge in [-0.25, -0.2) is 4.98 Å². The second kappa shape index (κ2) is 14.8. The Bertz CT molecular complexity index is 1550. The molecular weight excluding hydrogens is 613 g/mol. The molecule has 0 spiro atoms. The Morgan fingerprint density at radius 2 is 1.85 bits per heavy atom. The molecule has 0 radical (unpaired) electrons. The van der Waals surface area contributed by atoms with Crippen LogP contribution in [0.15, 0.2) is 42.5 Å². The number of carbonyl (C=O) groups is 3. The lowest BCUT2D eigenvalue weighted by molar-refractivity contribution is -0.138. The molecule has 1 unspecified atom stereocenters. The number of anilines is 3. The van der Waals surface area contributed by atoms with Gasteiger partial charge in [0.15, 0.2) is 0 Å². The summed E-state index contributed by atoms with van der Waals surface area (Å²) in [4.78, 5) is 52.5. The van der Waals surface area contributed by atoms with Gasteiger partial charge in [-0.2, -0.15) is 18.4 Å². The summed E-state index contributed by atoms with van der Waals surface area (Å²) >= 11 is 0. The molecule has 3 amide bonds. The van der Waals surface area contributed by atoms with Crippen molar-refractivity contribution >= 4 is 34.9 Å². The van der Waals surface area contributed by atoms with Crippen LogP contribution in [0.5, 0.6) is 0 Å². The van der Waals surface area contributed by atoms with Gasteiger partial charge in [0.1, 0.15) is 23.5 Å². The molecule has 14 heteroatoms. The van der Waals surface area contributed by atoms with E-state index in [4.69, 9.17) is 0 Å². The molecular formula is C33H41F3N8O3. The molecule has 0 saturated carbocycles. The highest BCUT2D eigenvalue weighted by Crippen LogP contribution is 2.36. The zero-order chi connectivity index (χ0) is 34.5. The predicted octanol–water partition coefficient (Wildman–Crippen LogP) is 3.36. The van der Waals surface area contributed by atoms with Gasteiger partial charge in [0.2, 0.25) is 17.7 Å². The molecule has 1 saturated heterocycles. The summed E-state index contributed by atoms with van der Waals surface area (Å²) in [6, 6.07) is 8.74. The lowest BCUT2D eigenvalue weighted by Crippen LogP contribution is -2.47. The largest absolute Gasteiger partial charge is 0.417 e. The van der Waals surface area contributed by atoms with Crippen molar-refractivity contribution in [3.63, 3.8) is 0 Å². The fourth-order valence-corrected chi connectivity index (χ4v) is 5.87. The number of benzene rings is 1. The normalized spacial score (nSPS) is 18.6. The van der Waals surface area contributed by atoms with Gasteiger partial charge in [-0.1, -0.05) is 18.2 Å². The first-order valence-corrected chi connectivity index (χ1v) is 15.4. The maximum absolute atomic E-state index is 13.7. The van der Waals surface area contributed by atoms with Crippen LogP contribution in [0.1, 0.15) is 29.7 Å². The minimum Gasteiger partial charge on any atom is -0.368 e. The van der Waals surface area contributed by atoms with Crippen LogP contribution >= 0.6 is 0 Å². The number of rotatable bonds is 9. The van der Waals surface area contributed by atoms with E-state index in [0.29, 0.717) is 51.4 Å². The average Bonchev–Trinajstić information content (AvgIpc) is 3.52. The van der Waals surface area contributed by atoms with Crippen LogP contribution in [-0.4, -0.2) is 111 Å². The average molecular weight is 655 g/mol. The Morgan fingerprint density at radius 1 is 1.15 bits per heavy atom. The first-order valence-electron chi connectivity index (χ1n) is 15.4. The third kappa shape index (κ3) is 8.40. The van der Waals surface area contributed by atoms with E-state index in [1.165, 1.54) is 11.8 Å². The summed E-state index contributed by atoms with van der Waals surface area (Å²) in [5.74, 6) is -1.15. The highest BCUT2D eigenvalue weighted by molar-refractivity contribution is 6.01. The van der Waals surface area contributed by atoms with Crippen molar-refractivity contribution in [1.82, 2.24) is 19.7 Å². The van der Waals surface area contributed by atoms with Crippen molar-refractivity contribution in [2.75, 3.05) is 82.6 Å². The Morgan fingerprint density at radius 3 is 2.51 bits per heavy atom. The summed E-state index contributed by atoms with van der Waals surface area (Å²) in [5, 5.41) is 12.5. The second-order valence-corrected chi connectivity index (χ2v) is 12.2. The molecule has 4 rings (SSSR count). The van der Waals surface area contributed by atoms with Gasteiger partial charge in [-0.15, -0.1) is 0 Å². The van der Waals surface area contributed by atoms with E-state index >= 15 is 0 Å². The molecule has 1 aromatic heterocycles. The van der Waals surface area contributed by atoms with E-state index in [1.807, 2.05) is 36.0 Å². The first-order chi connectivity index (χ1) is 22.2. The van der Waals surface area contributed by atoms with E-state index in [0.717, 1.165) is 11.8 Å². The van der Waals surface area contributed by atoms with Crippen LogP contribution in [0.25, 0.3) is 0 Å². The van der Waals surface area contributed by atoms with Crippen molar-refractivity contribution in [1.29, 1.82) is 5.26 Å². The first kappa shape index (κ1) is 35.2. The van der Waals surface area contributed by atoms with Crippen LogP contribution in [0.2, 0.25) is 0 Å². The minimum atomic E-state index is -4.77. The second-order valence-electron chi connectivity index (χ2n) is 12.2. The molecule has 0 bridgehead atoms. The number of amides is 3. The SMILES string of the molecule is Cc1cc(C(F)(F)F)c(C#N)c(N[C@H]2CCN(CCN(C)C(=O)C3CCN(C(=O)/C=C/CN(C)C)C3)c3ccccc3N(C)C2=O)n1. The van der Waals surface area contributed by atoms with Crippen molar-refractivity contribution in [2.24, 2.45) is 5.92 Å². The molecule has 2 aliphatic rings. The zero-order valence-electron chi connectivity index (χ0n) is 27.3. The minimum absolute atomic E-state index is 0.0558. The van der Waals surface area contributed by atoms with Crippen molar-refractivity contribution < 1.29 is 27.6 Å². The Hall–Kier alpha value is -4.64. The lowest BCUT2D eigenvalue weighted by Gasteiger charge is -2.36. The van der Waals surface area contributed by atoms with Gasteiger partial charge < -0.3 is 29.8 Å². The quantitative estimate of drug-likeness (QED) is 0.410. The molecule has 1 aromatic carbocycles. The number of fused-ring (bicyclic) bond motifs is 1. The fourth-order valence-electron chi connectivity index (χ4n) is 5.87. The maximum atomic E-state index is 13.7. The molecule has 3 heterocycles. The summed E-state index contributed by atoms with van der Waals surface area (Å²) < 4.78 is 41.2. The molecule has 11 nitrogen and oxygen atoms in total. The maximum Gasteiger partial charge on any atom is 0.417 e. The van der Waals surface area contributed by atoms with E-state index < -0.39 is 23.3 Å². The van der Waals surface area contributed by atoms with Crippen LogP contribution in [-0.2, 0) is 20.6 Å². The molecule has 2 aromatic rings. The topological polar surface area (TPSA) is 116 Å². The molecule has 1 fully saturated rings. The van der Waals surface area contributed by atoms with E-state index in [1.54, 1.807) is 54.2 Å². The number of para-hydroxylation sites is 2. The molecule has 1 N–H and O–H groups in total.